The van der Waals surface area contributed by atoms with Crippen LogP contribution in [0, 0.1) is 22.7 Å². The lowest BCUT2D eigenvalue weighted by molar-refractivity contribution is -0.388. The van der Waals surface area contributed by atoms with E-state index in [9.17, 15) is 54.9 Å². The van der Waals surface area contributed by atoms with Gasteiger partial charge in [0.2, 0.25) is 0 Å². The van der Waals surface area contributed by atoms with Crippen molar-refractivity contribution in [2.45, 2.75) is 136 Å². The Morgan fingerprint density at radius 3 is 1.50 bits per heavy atom. The molecule has 2 aromatic carbocycles. The molecule has 8 bridgehead atoms. The van der Waals surface area contributed by atoms with Crippen molar-refractivity contribution >= 4 is 23.5 Å². The van der Waals surface area contributed by atoms with Crippen molar-refractivity contribution in [2.24, 2.45) is 22.7 Å². The summed E-state index contributed by atoms with van der Waals surface area (Å²) in [6.45, 7) is 0.883. The highest BCUT2D eigenvalue weighted by Crippen LogP contribution is 2.76. The molecule has 4 saturated heterocycles. The van der Waals surface area contributed by atoms with Crippen LogP contribution >= 0.6 is 0 Å². The maximum Gasteiger partial charge on any atom is 0.338 e. The highest BCUT2D eigenvalue weighted by molar-refractivity contribution is 5.91. The van der Waals surface area contributed by atoms with E-state index in [1.165, 1.54) is 19.2 Å². The summed E-state index contributed by atoms with van der Waals surface area (Å²) < 4.78 is 62.4. The number of carbonyl (C=O) groups excluding carboxylic acids is 4. The number of hydrogen-bond donors (Lipinski definition) is 7. The van der Waals surface area contributed by atoms with E-state index in [2.05, 4.69) is 0 Å². The second-order valence-corrected chi connectivity index (χ2v) is 19.8. The molecule has 370 valence electrons. The smallest absolute Gasteiger partial charge is 0.338 e. The highest BCUT2D eigenvalue weighted by Gasteiger charge is 2.89. The van der Waals surface area contributed by atoms with Crippen molar-refractivity contribution in [3.63, 3.8) is 0 Å². The van der Waals surface area contributed by atoms with Crippen molar-refractivity contribution in [3.05, 3.63) is 71.8 Å². The molecular weight excluding hydrogens is 900 g/mol. The summed E-state index contributed by atoms with van der Waals surface area (Å²) in [4.78, 5) is 54.4. The van der Waals surface area contributed by atoms with Crippen molar-refractivity contribution in [2.75, 3.05) is 33.5 Å². The lowest BCUT2D eigenvalue weighted by Crippen LogP contribution is -2.80. The van der Waals surface area contributed by atoms with Gasteiger partial charge in [0.05, 0.1) is 35.2 Å². The van der Waals surface area contributed by atoms with Crippen LogP contribution in [0.2, 0.25) is 0 Å². The van der Waals surface area contributed by atoms with E-state index in [0.717, 1.165) is 0 Å². The van der Waals surface area contributed by atoms with E-state index in [1.54, 1.807) is 62.4 Å². The second kappa shape index (κ2) is 16.9. The van der Waals surface area contributed by atoms with Gasteiger partial charge in [0, 0.05) is 31.8 Å². The van der Waals surface area contributed by atoms with Gasteiger partial charge < -0.3 is 83.1 Å². The maximum absolute atomic E-state index is 14.0. The lowest BCUT2D eigenvalue weighted by Gasteiger charge is -2.66. The number of fused-ring (bicyclic) bond motifs is 2. The van der Waals surface area contributed by atoms with Crippen LogP contribution in [0.15, 0.2) is 60.7 Å². The minimum Gasteiger partial charge on any atom is -0.461 e. The number of ketones is 2. The van der Waals surface area contributed by atoms with Crippen molar-refractivity contribution in [1.82, 2.24) is 0 Å². The fourth-order valence-electron chi connectivity index (χ4n) is 12.9. The minimum atomic E-state index is -1.91. The van der Waals surface area contributed by atoms with Gasteiger partial charge in [-0.25, -0.2) is 9.59 Å². The number of aliphatic hydroxyl groups is 7. The Morgan fingerprint density at radius 2 is 1.04 bits per heavy atom. The summed E-state index contributed by atoms with van der Waals surface area (Å²) in [5.74, 6) is -3.63. The molecule has 7 N–H and O–H groups in total. The molecule has 2 aromatic rings. The monoisotopic (exact) mass is 956 g/mol. The molecule has 20 atom stereocenters. The molecular formula is C47H56O21. The van der Waals surface area contributed by atoms with E-state index in [-0.39, 0.29) is 48.4 Å². The van der Waals surface area contributed by atoms with E-state index >= 15 is 0 Å². The van der Waals surface area contributed by atoms with E-state index in [1.807, 2.05) is 0 Å². The Morgan fingerprint density at radius 1 is 0.618 bits per heavy atom. The van der Waals surface area contributed by atoms with Gasteiger partial charge in [-0.3, -0.25) is 9.59 Å². The van der Waals surface area contributed by atoms with Gasteiger partial charge in [-0.1, -0.05) is 36.4 Å². The van der Waals surface area contributed by atoms with Gasteiger partial charge in [0.25, 0.3) is 0 Å². The Balaban J connectivity index is 0.937. The molecule has 10 fully saturated rings. The number of rotatable bonds is 15. The first-order valence-corrected chi connectivity index (χ1v) is 22.7. The number of carbonyl (C=O) groups is 4. The highest BCUT2D eigenvalue weighted by atomic mass is 16.8. The third kappa shape index (κ3) is 6.49. The molecule has 0 aromatic heterocycles. The second-order valence-electron chi connectivity index (χ2n) is 19.8. The van der Waals surface area contributed by atoms with Crippen LogP contribution in [-0.4, -0.2) is 189 Å². The van der Waals surface area contributed by atoms with Gasteiger partial charge in [-0.15, -0.1) is 0 Å². The van der Waals surface area contributed by atoms with Crippen LogP contribution in [0.1, 0.15) is 60.2 Å². The third-order valence-corrected chi connectivity index (χ3v) is 16.5. The Labute approximate surface area is 389 Å². The van der Waals surface area contributed by atoms with E-state index in [0.29, 0.717) is 0 Å². The van der Waals surface area contributed by atoms with Crippen molar-refractivity contribution in [3.8, 4) is 0 Å². The molecule has 12 rings (SSSR count). The molecule has 6 aliphatic carbocycles. The summed E-state index contributed by atoms with van der Waals surface area (Å²) in [7, 11) is 1.37. The number of hydrogen-bond acceptors (Lipinski definition) is 21. The summed E-state index contributed by atoms with van der Waals surface area (Å²) in [5.41, 5.74) is -8.88. The minimum absolute atomic E-state index is 0.0438. The van der Waals surface area contributed by atoms with E-state index in [4.69, 9.17) is 47.4 Å². The Bertz CT molecular complexity index is 2280. The van der Waals surface area contributed by atoms with E-state index < -0.39 is 157 Å². The molecule has 6 saturated carbocycles. The molecule has 21 heteroatoms. The molecule has 0 radical (unpaired) electrons. The number of Topliss-reactive ketones (excluding diaryl/α,β-unsaturated/α-hetero) is 2. The molecule has 10 aliphatic rings. The zero-order chi connectivity index (χ0) is 48.3. The normalized spacial score (nSPS) is 47.5. The number of benzene rings is 2. The molecule has 0 spiro atoms. The number of methoxy groups -OCH3 is 1. The largest absolute Gasteiger partial charge is 0.461 e. The van der Waals surface area contributed by atoms with Crippen molar-refractivity contribution < 1.29 is 102 Å². The van der Waals surface area contributed by atoms with Gasteiger partial charge >= 0.3 is 11.9 Å². The Kier molecular flexibility index (Phi) is 11.9. The number of aliphatic hydroxyl groups excluding tert-OH is 7. The summed E-state index contributed by atoms with van der Waals surface area (Å²) in [6, 6.07) is 16.2. The summed E-state index contributed by atoms with van der Waals surface area (Å²) >= 11 is 0. The van der Waals surface area contributed by atoms with Crippen LogP contribution in [-0.2, 0) is 57.0 Å². The zero-order valence-electron chi connectivity index (χ0n) is 37.4. The fraction of sp³-hybridized carbons (Fsp3) is 0.660. The first kappa shape index (κ1) is 47.8. The SMILES string of the molecule is CO[C@H]1O[C@@]2(C)CC(=O)[C@H]3C[C@]2(O[C@@H]2O[C@H](CO[C@H]4O[C@@]5(C)CC(=O)[C@H]6C[C@]5(O[C@@H]5O[C@H](CO)[C@@H](O)[C@H](O)[C@H]5O)[C@@]46COC(=O)c4ccccc4)[C@@H](O)[C@H](O)[C@H]2O)[C@@]13COC(=O)c1ccccc1. The quantitative estimate of drug-likeness (QED) is 0.102. The zero-order valence-corrected chi connectivity index (χ0v) is 37.4. The maximum atomic E-state index is 14.0. The molecule has 0 amide bonds. The standard InChI is InChI=1S/C47H56O21/c1-42-16-26(49)24-14-46(42,44(24,40(59-3)67-42)20-61-36(57)22-10-6-4-7-11-22)66-39-35(56)33(54)31(52)29(64-39)19-60-41-45(21-62-37(58)23-12-8-5-9-13-23)25-15-47(45,43(2,68-41)17-27(25)50)65-38-34(55)32(53)30(51)28(18-48)63-38/h4-13,24-25,28-35,38-41,48,51-56H,14-21H2,1-3H3/t24-,25-,28-,29-,30-,31-,32+,33+,34-,35-,38+,39+,40+,41+,42+,43+,44-,45-,46-,47-/m1/s1. The van der Waals surface area contributed by atoms with Crippen LogP contribution in [0.25, 0.3) is 0 Å². The summed E-state index contributed by atoms with van der Waals surface area (Å²) in [5, 5.41) is 76.7. The average Bonchev–Trinajstić information content (AvgIpc) is 3.47. The molecule has 0 unspecified atom stereocenters. The van der Waals surface area contributed by atoms with Gasteiger partial charge in [-0.2, -0.15) is 0 Å². The number of esters is 2. The fourth-order valence-corrected chi connectivity index (χ4v) is 12.9. The average molecular weight is 957 g/mol. The molecule has 68 heavy (non-hydrogen) atoms. The van der Waals surface area contributed by atoms with Crippen LogP contribution < -0.4 is 0 Å². The Hall–Kier alpha value is -3.88. The number of ether oxygens (including phenoxy) is 10. The van der Waals surface area contributed by atoms with Crippen LogP contribution in [0.4, 0.5) is 0 Å². The van der Waals surface area contributed by atoms with Gasteiger partial charge in [-0.05, 0) is 51.0 Å². The summed E-state index contributed by atoms with van der Waals surface area (Å²) in [6.07, 6.45) is -20.3. The first-order chi connectivity index (χ1) is 32.4. The topological polar surface area (TPSA) is 302 Å². The van der Waals surface area contributed by atoms with Crippen LogP contribution in [0.5, 0.6) is 0 Å². The van der Waals surface area contributed by atoms with Gasteiger partial charge in [0.1, 0.15) is 96.0 Å². The lowest BCUT2D eigenvalue weighted by atomic mass is 9.41. The van der Waals surface area contributed by atoms with Crippen LogP contribution in [0.3, 0.4) is 0 Å². The predicted molar refractivity (Wildman–Crippen MR) is 221 cm³/mol. The molecule has 4 aliphatic heterocycles. The van der Waals surface area contributed by atoms with Gasteiger partial charge in [0.15, 0.2) is 25.2 Å². The first-order valence-electron chi connectivity index (χ1n) is 22.7. The van der Waals surface area contributed by atoms with Crippen molar-refractivity contribution in [1.29, 1.82) is 0 Å². The predicted octanol–water partition coefficient (Wildman–Crippen LogP) is -1.33. The molecule has 21 nitrogen and oxygen atoms in total. The third-order valence-electron chi connectivity index (χ3n) is 16.5. The molecule has 4 heterocycles.